The van der Waals surface area contributed by atoms with E-state index in [4.69, 9.17) is 0 Å². The minimum Gasteiger partial charge on any atom is -0.390 e. The van der Waals surface area contributed by atoms with E-state index in [1.165, 1.54) is 0 Å². The number of carbonyl (C=O) groups is 2. The third-order valence-corrected chi connectivity index (χ3v) is 4.40. The quantitative estimate of drug-likeness (QED) is 0.599. The molecule has 0 aromatic rings. The van der Waals surface area contributed by atoms with Gasteiger partial charge in [-0.1, -0.05) is 20.8 Å². The molecule has 0 aliphatic heterocycles. The van der Waals surface area contributed by atoms with Crippen LogP contribution in [-0.2, 0) is 9.59 Å². The number of nitrogens with zero attached hydrogens (tertiary/aromatic N) is 1. The predicted octanol–water partition coefficient (Wildman–Crippen LogP) is 1.41. The van der Waals surface area contributed by atoms with E-state index in [0.29, 0.717) is 6.42 Å². The van der Waals surface area contributed by atoms with Crippen LogP contribution in [0.5, 0.6) is 0 Å². The lowest BCUT2D eigenvalue weighted by Crippen LogP contribution is -2.67. The summed E-state index contributed by atoms with van der Waals surface area (Å²) in [6, 6.07) is -1.32. The van der Waals surface area contributed by atoms with Gasteiger partial charge in [-0.2, -0.15) is 5.06 Å². The molecule has 5 heteroatoms. The number of ketones is 2. The topological polar surface area (TPSA) is 77.8 Å². The Balaban J connectivity index is 3.24. The fraction of sp³-hybridized carbons (Fsp3) is 0.857. The van der Waals surface area contributed by atoms with Crippen LogP contribution in [0.2, 0.25) is 0 Å². The van der Waals surface area contributed by atoms with Crippen molar-refractivity contribution in [1.29, 1.82) is 0 Å². The van der Waals surface area contributed by atoms with Gasteiger partial charge < -0.3 is 10.3 Å². The molecule has 0 saturated heterocycles. The van der Waals surface area contributed by atoms with Gasteiger partial charge >= 0.3 is 0 Å². The molecule has 2 N–H and O–H groups in total. The van der Waals surface area contributed by atoms with Gasteiger partial charge in [-0.05, 0) is 27.2 Å². The molecular formula is C14H25NO4. The molecular weight excluding hydrogens is 246 g/mol. The first-order valence-electron chi connectivity index (χ1n) is 6.74. The molecule has 110 valence electrons. The Morgan fingerprint density at radius 2 is 1.74 bits per heavy atom. The lowest BCUT2D eigenvalue weighted by molar-refractivity contribution is -0.211. The zero-order valence-corrected chi connectivity index (χ0v) is 12.6. The standard InChI is InChI=1S/C14H25NO4/c1-7-8(2)15(19)9-10(16)13(3,4)12(18)14(5,6)11(9)17/h8-10,16,19H,7H2,1-6H3. The average molecular weight is 271 g/mol. The Labute approximate surface area is 114 Å². The van der Waals surface area contributed by atoms with Crippen molar-refractivity contribution in [2.45, 2.75) is 66.2 Å². The first-order chi connectivity index (χ1) is 8.49. The smallest absolute Gasteiger partial charge is 0.167 e. The molecule has 0 heterocycles. The highest BCUT2D eigenvalue weighted by atomic mass is 16.5. The summed E-state index contributed by atoms with van der Waals surface area (Å²) in [7, 11) is 0. The molecule has 1 aliphatic carbocycles. The summed E-state index contributed by atoms with van der Waals surface area (Å²) in [6.45, 7) is 10.0. The molecule has 1 fully saturated rings. The van der Waals surface area contributed by atoms with Crippen molar-refractivity contribution >= 4 is 11.6 Å². The van der Waals surface area contributed by atoms with Crippen LogP contribution in [0.1, 0.15) is 48.0 Å². The van der Waals surface area contributed by atoms with Gasteiger partial charge in [0.2, 0.25) is 0 Å². The first kappa shape index (κ1) is 16.3. The lowest BCUT2D eigenvalue weighted by atomic mass is 9.60. The molecule has 1 rings (SSSR count). The second-order valence-corrected chi connectivity index (χ2v) is 6.57. The second-order valence-electron chi connectivity index (χ2n) is 6.57. The van der Waals surface area contributed by atoms with Crippen molar-refractivity contribution in [1.82, 2.24) is 5.06 Å². The van der Waals surface area contributed by atoms with Crippen LogP contribution in [0.25, 0.3) is 0 Å². The fourth-order valence-electron chi connectivity index (χ4n) is 2.69. The monoisotopic (exact) mass is 271 g/mol. The van der Waals surface area contributed by atoms with E-state index in [-0.39, 0.29) is 11.8 Å². The summed E-state index contributed by atoms with van der Waals surface area (Å²) in [5.74, 6) is -0.710. The zero-order chi connectivity index (χ0) is 15.2. The van der Waals surface area contributed by atoms with Crippen LogP contribution in [0.4, 0.5) is 0 Å². The zero-order valence-electron chi connectivity index (χ0n) is 12.6. The second kappa shape index (κ2) is 4.96. The van der Waals surface area contributed by atoms with Gasteiger partial charge in [0, 0.05) is 6.04 Å². The maximum atomic E-state index is 12.4. The largest absolute Gasteiger partial charge is 0.390 e. The van der Waals surface area contributed by atoms with Crippen molar-refractivity contribution in [3.05, 3.63) is 0 Å². The Morgan fingerprint density at radius 1 is 1.26 bits per heavy atom. The Kier molecular flexibility index (Phi) is 4.25. The van der Waals surface area contributed by atoms with Crippen LogP contribution in [0.15, 0.2) is 0 Å². The summed E-state index contributed by atoms with van der Waals surface area (Å²) in [5, 5.41) is 21.4. The van der Waals surface area contributed by atoms with Crippen LogP contribution < -0.4 is 0 Å². The molecule has 5 nitrogen and oxygen atoms in total. The summed E-state index contributed by atoms with van der Waals surface area (Å²) >= 11 is 0. The van der Waals surface area contributed by atoms with E-state index in [0.717, 1.165) is 5.06 Å². The maximum Gasteiger partial charge on any atom is 0.167 e. The SMILES string of the molecule is CCC(C)N(O)C1C(=O)C(C)(C)C(=O)C(C)(C)C1O. The van der Waals surface area contributed by atoms with E-state index < -0.39 is 28.8 Å². The van der Waals surface area contributed by atoms with Crippen molar-refractivity contribution in [3.63, 3.8) is 0 Å². The number of Topliss-reactive ketones (excluding diaryl/α,β-unsaturated/α-hetero) is 2. The molecule has 1 aliphatic rings. The number of hydrogen-bond donors (Lipinski definition) is 2. The lowest BCUT2D eigenvalue weighted by Gasteiger charge is -2.48. The average Bonchev–Trinajstić information content (AvgIpc) is 2.34. The molecule has 0 amide bonds. The van der Waals surface area contributed by atoms with E-state index in [9.17, 15) is 19.9 Å². The molecule has 3 unspecified atom stereocenters. The van der Waals surface area contributed by atoms with Gasteiger partial charge in [0.15, 0.2) is 11.6 Å². The number of carbonyl (C=O) groups excluding carboxylic acids is 2. The fourth-order valence-corrected chi connectivity index (χ4v) is 2.69. The van der Waals surface area contributed by atoms with E-state index in [1.807, 2.05) is 6.92 Å². The number of hydrogen-bond acceptors (Lipinski definition) is 5. The maximum absolute atomic E-state index is 12.4. The minimum absolute atomic E-state index is 0.261. The van der Waals surface area contributed by atoms with Gasteiger partial charge in [-0.3, -0.25) is 9.59 Å². The molecule has 0 radical (unpaired) electrons. The van der Waals surface area contributed by atoms with Crippen LogP contribution >= 0.6 is 0 Å². The van der Waals surface area contributed by atoms with E-state index >= 15 is 0 Å². The van der Waals surface area contributed by atoms with Gasteiger partial charge in [0.1, 0.15) is 6.04 Å². The Morgan fingerprint density at radius 3 is 2.16 bits per heavy atom. The van der Waals surface area contributed by atoms with Gasteiger partial charge in [-0.15, -0.1) is 0 Å². The van der Waals surface area contributed by atoms with Gasteiger partial charge in [0.05, 0.1) is 16.9 Å². The summed E-state index contributed by atoms with van der Waals surface area (Å²) in [6.07, 6.45) is -0.568. The Hall–Kier alpha value is -0.780. The molecule has 1 saturated carbocycles. The van der Waals surface area contributed by atoms with E-state index in [1.54, 1.807) is 34.6 Å². The number of aliphatic hydroxyl groups excluding tert-OH is 1. The number of hydroxylamine groups is 2. The van der Waals surface area contributed by atoms with Crippen molar-refractivity contribution in [3.8, 4) is 0 Å². The molecule has 3 atom stereocenters. The molecule has 0 bridgehead atoms. The summed E-state index contributed by atoms with van der Waals surface area (Å²) in [5.41, 5.74) is -2.25. The highest BCUT2D eigenvalue weighted by Crippen LogP contribution is 2.42. The van der Waals surface area contributed by atoms with Crippen LogP contribution in [0.3, 0.4) is 0 Å². The first-order valence-corrected chi connectivity index (χ1v) is 6.74. The highest BCUT2D eigenvalue weighted by molar-refractivity contribution is 6.13. The molecule has 0 spiro atoms. The third kappa shape index (κ3) is 2.35. The Bertz CT molecular complexity index is 389. The highest BCUT2D eigenvalue weighted by Gasteiger charge is 2.59. The van der Waals surface area contributed by atoms with Crippen LogP contribution in [-0.4, -0.2) is 45.1 Å². The number of rotatable bonds is 3. The van der Waals surface area contributed by atoms with E-state index in [2.05, 4.69) is 0 Å². The third-order valence-electron chi connectivity index (χ3n) is 4.40. The normalized spacial score (nSPS) is 31.6. The molecule has 0 aromatic heterocycles. The van der Waals surface area contributed by atoms with Crippen LogP contribution in [0, 0.1) is 10.8 Å². The van der Waals surface area contributed by atoms with Crippen molar-refractivity contribution in [2.24, 2.45) is 10.8 Å². The van der Waals surface area contributed by atoms with Crippen molar-refractivity contribution < 1.29 is 19.9 Å². The summed E-state index contributed by atoms with van der Waals surface area (Å²) in [4.78, 5) is 24.8. The molecule has 19 heavy (non-hydrogen) atoms. The van der Waals surface area contributed by atoms with Crippen molar-refractivity contribution in [2.75, 3.05) is 0 Å². The number of aliphatic hydroxyl groups is 1. The predicted molar refractivity (Wildman–Crippen MR) is 70.7 cm³/mol. The summed E-state index contributed by atoms with van der Waals surface area (Å²) < 4.78 is 0. The van der Waals surface area contributed by atoms with Gasteiger partial charge in [-0.25, -0.2) is 0 Å². The molecule has 0 aromatic carbocycles. The van der Waals surface area contributed by atoms with Gasteiger partial charge in [0.25, 0.3) is 0 Å². The minimum atomic E-state index is -1.21.